The van der Waals surface area contributed by atoms with Gasteiger partial charge < -0.3 is 4.74 Å². The van der Waals surface area contributed by atoms with E-state index in [9.17, 15) is 0 Å². The van der Waals surface area contributed by atoms with Gasteiger partial charge in [0.15, 0.2) is 5.82 Å². The maximum atomic E-state index is 5.97. The molecule has 0 unspecified atom stereocenters. The normalized spacial score (nSPS) is 11.2. The van der Waals surface area contributed by atoms with Gasteiger partial charge in [0.05, 0.1) is 24.1 Å². The van der Waals surface area contributed by atoms with E-state index in [-0.39, 0.29) is 0 Å². The number of aromatic nitrogens is 4. The van der Waals surface area contributed by atoms with Gasteiger partial charge in [0.1, 0.15) is 5.15 Å². The summed E-state index contributed by atoms with van der Waals surface area (Å²) in [6.07, 6.45) is 3.65. The van der Waals surface area contributed by atoms with Crippen molar-refractivity contribution in [2.24, 2.45) is 0 Å². The van der Waals surface area contributed by atoms with Crippen molar-refractivity contribution < 1.29 is 4.74 Å². The Labute approximate surface area is 111 Å². The molecule has 0 aliphatic rings. The van der Waals surface area contributed by atoms with Gasteiger partial charge in [-0.1, -0.05) is 11.6 Å². The highest BCUT2D eigenvalue weighted by Crippen LogP contribution is 2.19. The average Bonchev–Trinajstić information content (AvgIpc) is 2.78. The standard InChI is InChI=1S/C12H15ClN4O/c1-8(2)17-6-9(5-14-17)12-15-10(7-18-3)4-11(13)16-12/h4-6,8H,7H2,1-3H3. The highest BCUT2D eigenvalue weighted by molar-refractivity contribution is 6.29. The van der Waals surface area contributed by atoms with Crippen LogP contribution in [0, 0.1) is 0 Å². The Morgan fingerprint density at radius 3 is 2.78 bits per heavy atom. The molecule has 2 rings (SSSR count). The van der Waals surface area contributed by atoms with E-state index in [2.05, 4.69) is 28.9 Å². The molecule has 6 heteroatoms. The van der Waals surface area contributed by atoms with E-state index >= 15 is 0 Å². The lowest BCUT2D eigenvalue weighted by Crippen LogP contribution is -2.00. The molecule has 0 radical (unpaired) electrons. The molecule has 96 valence electrons. The maximum absolute atomic E-state index is 5.97. The van der Waals surface area contributed by atoms with Gasteiger partial charge in [0.2, 0.25) is 0 Å². The van der Waals surface area contributed by atoms with Crippen LogP contribution in [0.4, 0.5) is 0 Å². The van der Waals surface area contributed by atoms with Gasteiger partial charge in [0.25, 0.3) is 0 Å². The Kier molecular flexibility index (Phi) is 3.93. The number of hydrogen-bond acceptors (Lipinski definition) is 4. The average molecular weight is 267 g/mol. The van der Waals surface area contributed by atoms with Crippen LogP contribution >= 0.6 is 11.6 Å². The largest absolute Gasteiger partial charge is 0.378 e. The molecule has 0 bridgehead atoms. The second-order valence-corrected chi connectivity index (χ2v) is 4.63. The topological polar surface area (TPSA) is 52.8 Å². The first-order valence-electron chi connectivity index (χ1n) is 5.67. The molecule has 0 saturated carbocycles. The van der Waals surface area contributed by atoms with Gasteiger partial charge in [-0.05, 0) is 19.9 Å². The predicted octanol–water partition coefficient (Wildman–Crippen LogP) is 2.72. The van der Waals surface area contributed by atoms with Crippen molar-refractivity contribution in [1.29, 1.82) is 0 Å². The number of methoxy groups -OCH3 is 1. The molecule has 0 saturated heterocycles. The third kappa shape index (κ3) is 2.86. The SMILES string of the molecule is COCc1cc(Cl)nc(-c2cnn(C(C)C)c2)n1. The van der Waals surface area contributed by atoms with Crippen LogP contribution in [0.2, 0.25) is 5.15 Å². The Morgan fingerprint density at radius 1 is 1.39 bits per heavy atom. The van der Waals surface area contributed by atoms with E-state index in [0.717, 1.165) is 11.3 Å². The summed E-state index contributed by atoms with van der Waals surface area (Å²) in [5, 5.41) is 4.67. The summed E-state index contributed by atoms with van der Waals surface area (Å²) in [6, 6.07) is 2.00. The molecule has 0 amide bonds. The van der Waals surface area contributed by atoms with Crippen LogP contribution in [0.25, 0.3) is 11.4 Å². The lowest BCUT2D eigenvalue weighted by atomic mass is 10.3. The molecule has 0 spiro atoms. The molecule has 0 fully saturated rings. The van der Waals surface area contributed by atoms with Crippen molar-refractivity contribution in [1.82, 2.24) is 19.7 Å². The fraction of sp³-hybridized carbons (Fsp3) is 0.417. The van der Waals surface area contributed by atoms with Gasteiger partial charge in [-0.15, -0.1) is 0 Å². The summed E-state index contributed by atoms with van der Waals surface area (Å²) in [5.74, 6) is 0.571. The Morgan fingerprint density at radius 2 is 2.17 bits per heavy atom. The van der Waals surface area contributed by atoms with Crippen LogP contribution in [0.15, 0.2) is 18.5 Å². The van der Waals surface area contributed by atoms with Gasteiger partial charge >= 0.3 is 0 Å². The second kappa shape index (κ2) is 5.46. The summed E-state index contributed by atoms with van der Waals surface area (Å²) in [4.78, 5) is 8.60. The highest BCUT2D eigenvalue weighted by Gasteiger charge is 2.09. The van der Waals surface area contributed by atoms with Gasteiger partial charge in [0, 0.05) is 19.3 Å². The van der Waals surface area contributed by atoms with Crippen molar-refractivity contribution in [3.8, 4) is 11.4 Å². The zero-order valence-corrected chi connectivity index (χ0v) is 11.3. The van der Waals surface area contributed by atoms with E-state index in [1.165, 1.54) is 0 Å². The monoisotopic (exact) mass is 266 g/mol. The smallest absolute Gasteiger partial charge is 0.164 e. The predicted molar refractivity (Wildman–Crippen MR) is 69.4 cm³/mol. The fourth-order valence-corrected chi connectivity index (χ4v) is 1.76. The molecular weight excluding hydrogens is 252 g/mol. The van der Waals surface area contributed by atoms with Crippen LogP contribution in [0.5, 0.6) is 0 Å². The molecule has 18 heavy (non-hydrogen) atoms. The summed E-state index contributed by atoms with van der Waals surface area (Å²) >= 11 is 5.97. The minimum absolute atomic E-state index is 0.302. The third-order valence-corrected chi connectivity index (χ3v) is 2.62. The quantitative estimate of drug-likeness (QED) is 0.799. The Bertz CT molecular complexity index is 539. The lowest BCUT2D eigenvalue weighted by molar-refractivity contribution is 0.181. The van der Waals surface area contributed by atoms with Crippen molar-refractivity contribution in [2.75, 3.05) is 7.11 Å². The Balaban J connectivity index is 2.36. The molecule has 0 aliphatic heterocycles. The van der Waals surface area contributed by atoms with Crippen LogP contribution in [-0.4, -0.2) is 26.9 Å². The first kappa shape index (κ1) is 13.0. The van der Waals surface area contributed by atoms with Gasteiger partial charge in [-0.3, -0.25) is 4.68 Å². The summed E-state index contributed by atoms with van der Waals surface area (Å²) in [5.41, 5.74) is 1.60. The molecule has 5 nitrogen and oxygen atoms in total. The minimum Gasteiger partial charge on any atom is -0.378 e. The van der Waals surface area contributed by atoms with Gasteiger partial charge in [-0.2, -0.15) is 5.10 Å². The summed E-state index contributed by atoms with van der Waals surface area (Å²) in [7, 11) is 1.62. The zero-order chi connectivity index (χ0) is 13.1. The van der Waals surface area contributed by atoms with Crippen LogP contribution in [0.3, 0.4) is 0 Å². The maximum Gasteiger partial charge on any atom is 0.164 e. The molecule has 0 aromatic carbocycles. The van der Waals surface area contributed by atoms with Crippen LogP contribution in [0.1, 0.15) is 25.6 Å². The fourth-order valence-electron chi connectivity index (χ4n) is 1.55. The summed E-state index contributed by atoms with van der Waals surface area (Å²) < 4.78 is 6.90. The summed E-state index contributed by atoms with van der Waals surface area (Å²) in [6.45, 7) is 4.53. The molecule has 2 aromatic rings. The third-order valence-electron chi connectivity index (χ3n) is 2.43. The van der Waals surface area contributed by atoms with Crippen molar-refractivity contribution in [2.45, 2.75) is 26.5 Å². The Hall–Kier alpha value is -1.46. The van der Waals surface area contributed by atoms with E-state index in [1.54, 1.807) is 19.4 Å². The van der Waals surface area contributed by atoms with Crippen molar-refractivity contribution >= 4 is 11.6 Å². The van der Waals surface area contributed by atoms with E-state index < -0.39 is 0 Å². The van der Waals surface area contributed by atoms with Crippen molar-refractivity contribution in [3.05, 3.63) is 29.3 Å². The molecule has 2 aromatic heterocycles. The zero-order valence-electron chi connectivity index (χ0n) is 10.6. The first-order chi connectivity index (χ1) is 8.60. The molecule has 0 aliphatic carbocycles. The number of nitrogens with zero attached hydrogens (tertiary/aromatic N) is 4. The van der Waals surface area contributed by atoms with E-state index in [4.69, 9.17) is 16.3 Å². The molecule has 0 N–H and O–H groups in total. The van der Waals surface area contributed by atoms with Crippen LogP contribution < -0.4 is 0 Å². The van der Waals surface area contributed by atoms with Crippen molar-refractivity contribution in [3.63, 3.8) is 0 Å². The second-order valence-electron chi connectivity index (χ2n) is 4.24. The van der Waals surface area contributed by atoms with E-state index in [1.807, 2.05) is 10.9 Å². The number of rotatable bonds is 4. The highest BCUT2D eigenvalue weighted by atomic mass is 35.5. The van der Waals surface area contributed by atoms with Gasteiger partial charge in [-0.25, -0.2) is 9.97 Å². The van der Waals surface area contributed by atoms with Crippen LogP contribution in [-0.2, 0) is 11.3 Å². The number of ether oxygens (including phenoxy) is 1. The first-order valence-corrected chi connectivity index (χ1v) is 6.05. The number of halogens is 1. The minimum atomic E-state index is 0.302. The molecular formula is C12H15ClN4O. The number of hydrogen-bond donors (Lipinski definition) is 0. The molecule has 0 atom stereocenters. The molecule has 2 heterocycles. The van der Waals surface area contributed by atoms with E-state index in [0.29, 0.717) is 23.6 Å². The lowest BCUT2D eigenvalue weighted by Gasteiger charge is -2.04.